The Kier molecular flexibility index (Phi) is 8.71. The largest absolute Gasteiger partial charge is 0.508 e. The van der Waals surface area contributed by atoms with Crippen molar-refractivity contribution in [1.82, 2.24) is 14.7 Å². The summed E-state index contributed by atoms with van der Waals surface area (Å²) in [7, 11) is 0. The molecule has 2 aliphatic rings. The summed E-state index contributed by atoms with van der Waals surface area (Å²) >= 11 is 0. The van der Waals surface area contributed by atoms with E-state index in [1.165, 1.54) is 6.07 Å². The van der Waals surface area contributed by atoms with Crippen LogP contribution in [0, 0.1) is 11.7 Å². The molecule has 2 fully saturated rings. The van der Waals surface area contributed by atoms with E-state index in [-0.39, 0.29) is 35.6 Å². The maximum atomic E-state index is 14.4. The summed E-state index contributed by atoms with van der Waals surface area (Å²) in [5.74, 6) is -1.31. The molecule has 7 nitrogen and oxygen atoms in total. The molecule has 0 radical (unpaired) electrons. The van der Waals surface area contributed by atoms with Gasteiger partial charge in [0.25, 0.3) is 5.91 Å². The van der Waals surface area contributed by atoms with Crippen molar-refractivity contribution in [1.29, 1.82) is 0 Å². The highest BCUT2D eigenvalue weighted by molar-refractivity contribution is 5.94. The van der Waals surface area contributed by atoms with Gasteiger partial charge in [-0.25, -0.2) is 4.39 Å². The van der Waals surface area contributed by atoms with Crippen molar-refractivity contribution in [3.63, 3.8) is 0 Å². The molecule has 0 aliphatic carbocycles. The lowest BCUT2D eigenvalue weighted by atomic mass is 9.91. The molecule has 41 heavy (non-hydrogen) atoms. The minimum absolute atomic E-state index is 0.0959. The van der Waals surface area contributed by atoms with Crippen molar-refractivity contribution in [2.75, 3.05) is 26.2 Å². The van der Waals surface area contributed by atoms with Crippen LogP contribution >= 0.6 is 0 Å². The van der Waals surface area contributed by atoms with Gasteiger partial charge in [0.2, 0.25) is 0 Å². The van der Waals surface area contributed by atoms with E-state index >= 15 is 0 Å². The molecule has 8 heteroatoms. The first-order valence-corrected chi connectivity index (χ1v) is 14.4. The number of hydrogen-bond acceptors (Lipinski definition) is 5. The Bertz CT molecular complexity index is 1390. The van der Waals surface area contributed by atoms with Crippen LogP contribution in [0.3, 0.4) is 0 Å². The molecular formula is C33H38FN3O4. The molecule has 2 saturated heterocycles. The van der Waals surface area contributed by atoms with Crippen molar-refractivity contribution in [2.24, 2.45) is 5.92 Å². The van der Waals surface area contributed by atoms with Gasteiger partial charge < -0.3 is 15.1 Å². The third-order valence-corrected chi connectivity index (χ3v) is 8.59. The monoisotopic (exact) mass is 559 g/mol. The summed E-state index contributed by atoms with van der Waals surface area (Å²) in [6.45, 7) is 7.16. The van der Waals surface area contributed by atoms with Gasteiger partial charge in [0.1, 0.15) is 11.6 Å². The van der Waals surface area contributed by atoms with Crippen LogP contribution in [0.2, 0.25) is 0 Å². The standard InChI is InChI=1S/C33H38FN3O4/c1-22-20-37(23(2)19-36(22)21-28-7-3-4-12-30(28)34)31(26-9-6-11-29(38)18-26)25-8-5-10-27(17-25)32(39)35-15-13-24(14-16-35)33(40)41/h3-12,17-18,22-24,31,38H,13-16,19-21H2,1-2H3,(H,40,41)/t22-,23-,31?/m1/s1. The second kappa shape index (κ2) is 12.4. The Balaban J connectivity index is 1.41. The normalized spacial score (nSPS) is 21.5. The Labute approximate surface area is 240 Å². The number of halogens is 1. The van der Waals surface area contributed by atoms with Gasteiger partial charge in [-0.3, -0.25) is 19.4 Å². The van der Waals surface area contributed by atoms with Gasteiger partial charge in [-0.15, -0.1) is 0 Å². The molecule has 0 saturated carbocycles. The quantitative estimate of drug-likeness (QED) is 0.417. The first-order valence-electron chi connectivity index (χ1n) is 14.4. The average Bonchev–Trinajstić information content (AvgIpc) is 2.96. The van der Waals surface area contributed by atoms with Gasteiger partial charge in [0.15, 0.2) is 0 Å². The van der Waals surface area contributed by atoms with E-state index in [1.54, 1.807) is 23.1 Å². The van der Waals surface area contributed by atoms with E-state index in [2.05, 4.69) is 23.6 Å². The third-order valence-electron chi connectivity index (χ3n) is 8.59. The van der Waals surface area contributed by atoms with Crippen LogP contribution in [-0.4, -0.2) is 75.1 Å². The van der Waals surface area contributed by atoms with E-state index in [0.717, 1.165) is 24.2 Å². The lowest BCUT2D eigenvalue weighted by molar-refractivity contribution is -0.143. The summed E-state index contributed by atoms with van der Waals surface area (Å²) < 4.78 is 14.4. The number of hydrogen-bond donors (Lipinski definition) is 2. The zero-order valence-corrected chi connectivity index (χ0v) is 23.6. The first kappa shape index (κ1) is 28.8. The van der Waals surface area contributed by atoms with Crippen molar-refractivity contribution in [3.05, 3.63) is 101 Å². The summed E-state index contributed by atoms with van der Waals surface area (Å²) in [6.07, 6.45) is 0.915. The maximum absolute atomic E-state index is 14.4. The van der Waals surface area contributed by atoms with E-state index < -0.39 is 11.9 Å². The zero-order chi connectivity index (χ0) is 29.1. The number of carboxylic acids is 1. The molecule has 0 spiro atoms. The lowest BCUT2D eigenvalue weighted by Crippen LogP contribution is -2.56. The number of likely N-dealkylation sites (tertiary alicyclic amines) is 1. The second-order valence-corrected chi connectivity index (χ2v) is 11.4. The third kappa shape index (κ3) is 6.44. The van der Waals surface area contributed by atoms with Gasteiger partial charge in [-0.1, -0.05) is 42.5 Å². The number of carboxylic acid groups (broad SMARTS) is 1. The highest BCUT2D eigenvalue weighted by Crippen LogP contribution is 2.35. The molecule has 2 aliphatic heterocycles. The summed E-state index contributed by atoms with van der Waals surface area (Å²) in [4.78, 5) is 31.3. The van der Waals surface area contributed by atoms with Gasteiger partial charge in [-0.05, 0) is 68.1 Å². The fourth-order valence-electron chi connectivity index (χ4n) is 6.27. The highest BCUT2D eigenvalue weighted by Gasteiger charge is 2.36. The van der Waals surface area contributed by atoms with Crippen LogP contribution < -0.4 is 0 Å². The number of piperidine rings is 1. The molecule has 3 aromatic rings. The number of phenols is 1. The van der Waals surface area contributed by atoms with Crippen LogP contribution in [0.1, 0.15) is 59.8 Å². The molecule has 3 aromatic carbocycles. The minimum Gasteiger partial charge on any atom is -0.508 e. The van der Waals surface area contributed by atoms with Crippen LogP contribution in [0.15, 0.2) is 72.8 Å². The molecule has 1 unspecified atom stereocenters. The van der Waals surface area contributed by atoms with Gasteiger partial charge in [-0.2, -0.15) is 0 Å². The van der Waals surface area contributed by atoms with Crippen molar-refractivity contribution >= 4 is 11.9 Å². The Hall–Kier alpha value is -3.75. The number of carbonyl (C=O) groups excluding carboxylic acids is 1. The van der Waals surface area contributed by atoms with Crippen molar-refractivity contribution in [3.8, 4) is 5.75 Å². The highest BCUT2D eigenvalue weighted by atomic mass is 19.1. The van der Waals surface area contributed by atoms with Crippen LogP contribution in [-0.2, 0) is 11.3 Å². The Morgan fingerprint density at radius 3 is 2.27 bits per heavy atom. The molecule has 2 heterocycles. The molecular weight excluding hydrogens is 521 g/mol. The number of nitrogens with zero attached hydrogens (tertiary/aromatic N) is 3. The summed E-state index contributed by atoms with van der Waals surface area (Å²) in [5.41, 5.74) is 3.13. The first-order chi connectivity index (χ1) is 19.7. The molecule has 5 rings (SSSR count). The smallest absolute Gasteiger partial charge is 0.306 e. The summed E-state index contributed by atoms with van der Waals surface area (Å²) in [6, 6.07) is 21.9. The molecule has 2 N–H and O–H groups in total. The Morgan fingerprint density at radius 1 is 0.902 bits per heavy atom. The molecule has 0 aromatic heterocycles. The zero-order valence-electron chi connectivity index (χ0n) is 23.6. The van der Waals surface area contributed by atoms with E-state index in [0.29, 0.717) is 43.6 Å². The van der Waals surface area contributed by atoms with Crippen LogP contribution in [0.4, 0.5) is 4.39 Å². The van der Waals surface area contributed by atoms with Crippen molar-refractivity contribution in [2.45, 2.75) is 51.4 Å². The maximum Gasteiger partial charge on any atom is 0.306 e. The van der Waals surface area contributed by atoms with Gasteiger partial charge in [0.05, 0.1) is 12.0 Å². The SMILES string of the molecule is C[C@@H]1CN(C(c2cccc(O)c2)c2cccc(C(=O)N3CCC(C(=O)O)CC3)c2)[C@H](C)CN1Cc1ccccc1F. The van der Waals surface area contributed by atoms with Gasteiger partial charge in [0, 0.05) is 55.9 Å². The average molecular weight is 560 g/mol. The molecule has 3 atom stereocenters. The lowest BCUT2D eigenvalue weighted by Gasteiger charge is -2.47. The van der Waals surface area contributed by atoms with E-state index in [9.17, 15) is 24.2 Å². The number of aliphatic carboxylic acids is 1. The van der Waals surface area contributed by atoms with Crippen LogP contribution in [0.5, 0.6) is 5.75 Å². The minimum atomic E-state index is -0.801. The summed E-state index contributed by atoms with van der Waals surface area (Å²) in [5, 5.41) is 19.7. The molecule has 216 valence electrons. The predicted molar refractivity (Wildman–Crippen MR) is 155 cm³/mol. The van der Waals surface area contributed by atoms with E-state index in [1.807, 2.05) is 48.5 Å². The van der Waals surface area contributed by atoms with Crippen molar-refractivity contribution < 1.29 is 24.2 Å². The predicted octanol–water partition coefficient (Wildman–Crippen LogP) is 5.15. The number of phenolic OH excluding ortho intramolecular Hbond substituents is 1. The number of benzene rings is 3. The fraction of sp³-hybridized carbons (Fsp3) is 0.394. The molecule has 0 bridgehead atoms. The number of piperazine rings is 1. The number of carbonyl (C=O) groups is 2. The topological polar surface area (TPSA) is 84.3 Å². The van der Waals surface area contributed by atoms with E-state index in [4.69, 9.17) is 0 Å². The second-order valence-electron chi connectivity index (χ2n) is 11.4. The van der Waals surface area contributed by atoms with Gasteiger partial charge >= 0.3 is 5.97 Å². The number of amides is 1. The fourth-order valence-corrected chi connectivity index (χ4v) is 6.27. The number of rotatable bonds is 7. The Morgan fingerprint density at radius 2 is 1.59 bits per heavy atom. The van der Waals surface area contributed by atoms with Crippen LogP contribution in [0.25, 0.3) is 0 Å². The number of aromatic hydroxyl groups is 1. The molecule has 1 amide bonds.